The highest BCUT2D eigenvalue weighted by Gasteiger charge is 2.14. The van der Waals surface area contributed by atoms with Crippen LogP contribution in [0, 0.1) is 0 Å². The molecule has 1 aliphatic heterocycles. The van der Waals surface area contributed by atoms with E-state index < -0.39 is 0 Å². The number of imidazole rings is 1. The largest absolute Gasteiger partial charge is 0.454 e. The van der Waals surface area contributed by atoms with Gasteiger partial charge in [0, 0.05) is 24.2 Å². The van der Waals surface area contributed by atoms with Crippen molar-refractivity contribution in [1.82, 2.24) is 14.4 Å². The third-order valence-corrected chi connectivity index (χ3v) is 2.93. The molecule has 3 heterocycles. The zero-order valence-corrected chi connectivity index (χ0v) is 9.41. The summed E-state index contributed by atoms with van der Waals surface area (Å²) in [6, 6.07) is 5.82. The fourth-order valence-electron chi connectivity index (χ4n) is 2.04. The van der Waals surface area contributed by atoms with Gasteiger partial charge in [-0.05, 0) is 18.2 Å². The lowest BCUT2D eigenvalue weighted by molar-refractivity contribution is 0.174. The van der Waals surface area contributed by atoms with Gasteiger partial charge < -0.3 is 13.9 Å². The summed E-state index contributed by atoms with van der Waals surface area (Å²) in [4.78, 5) is 8.56. The molecule has 0 spiro atoms. The first-order chi connectivity index (χ1) is 8.90. The number of hydrogen-bond acceptors (Lipinski definition) is 4. The van der Waals surface area contributed by atoms with Crippen LogP contribution in [-0.4, -0.2) is 21.2 Å². The zero-order valence-electron chi connectivity index (χ0n) is 9.41. The fourth-order valence-corrected chi connectivity index (χ4v) is 2.04. The summed E-state index contributed by atoms with van der Waals surface area (Å²) in [6.07, 6.45) is 7.31. The molecule has 88 valence electrons. The Balaban J connectivity index is 1.86. The third kappa shape index (κ3) is 1.34. The van der Waals surface area contributed by atoms with E-state index >= 15 is 0 Å². The highest BCUT2D eigenvalue weighted by atomic mass is 16.7. The quantitative estimate of drug-likeness (QED) is 0.652. The Hall–Kier alpha value is -2.56. The Bertz CT molecular complexity index is 703. The molecule has 5 heteroatoms. The van der Waals surface area contributed by atoms with Crippen molar-refractivity contribution in [2.45, 2.75) is 0 Å². The van der Waals surface area contributed by atoms with Gasteiger partial charge in [-0.3, -0.25) is 4.98 Å². The Morgan fingerprint density at radius 1 is 1.17 bits per heavy atom. The van der Waals surface area contributed by atoms with Crippen molar-refractivity contribution in [3.05, 3.63) is 43.0 Å². The predicted octanol–water partition coefficient (Wildman–Crippen LogP) is 2.12. The molecule has 1 aromatic carbocycles. The Morgan fingerprint density at radius 3 is 3.06 bits per heavy atom. The van der Waals surface area contributed by atoms with E-state index in [1.807, 2.05) is 35.0 Å². The number of nitrogens with zero attached hydrogens (tertiary/aromatic N) is 3. The van der Waals surface area contributed by atoms with E-state index in [2.05, 4.69) is 9.97 Å². The molecule has 0 unspecified atom stereocenters. The second-order valence-corrected chi connectivity index (χ2v) is 4.04. The second-order valence-electron chi connectivity index (χ2n) is 4.04. The molecule has 0 saturated heterocycles. The van der Waals surface area contributed by atoms with Crippen molar-refractivity contribution in [3.8, 4) is 22.8 Å². The molecule has 0 atom stereocenters. The average Bonchev–Trinajstić information content (AvgIpc) is 3.04. The van der Waals surface area contributed by atoms with Crippen molar-refractivity contribution in [3.63, 3.8) is 0 Å². The van der Waals surface area contributed by atoms with Crippen molar-refractivity contribution in [1.29, 1.82) is 0 Å². The van der Waals surface area contributed by atoms with Crippen LogP contribution in [-0.2, 0) is 0 Å². The van der Waals surface area contributed by atoms with E-state index in [4.69, 9.17) is 9.47 Å². The van der Waals surface area contributed by atoms with Crippen LogP contribution in [0.3, 0.4) is 0 Å². The normalized spacial score (nSPS) is 13.1. The SMILES string of the molecule is c1cn2cc(-c3ccc4c(c3)OCO4)nc2cn1. The summed E-state index contributed by atoms with van der Waals surface area (Å²) < 4.78 is 12.6. The van der Waals surface area contributed by atoms with Gasteiger partial charge in [0.05, 0.1) is 11.9 Å². The Morgan fingerprint density at radius 2 is 2.11 bits per heavy atom. The first-order valence-corrected chi connectivity index (χ1v) is 5.59. The molecule has 2 aromatic heterocycles. The van der Waals surface area contributed by atoms with Crippen LogP contribution in [0.2, 0.25) is 0 Å². The summed E-state index contributed by atoms with van der Waals surface area (Å²) in [6.45, 7) is 0.286. The van der Waals surface area contributed by atoms with Gasteiger partial charge in [0.15, 0.2) is 17.1 Å². The molecule has 0 bridgehead atoms. The molecule has 1 aliphatic rings. The fraction of sp³-hybridized carbons (Fsp3) is 0.0769. The molecule has 0 N–H and O–H groups in total. The number of aromatic nitrogens is 3. The lowest BCUT2D eigenvalue weighted by atomic mass is 10.1. The molecular weight excluding hydrogens is 230 g/mol. The van der Waals surface area contributed by atoms with E-state index in [1.165, 1.54) is 0 Å². The highest BCUT2D eigenvalue weighted by molar-refractivity contribution is 5.66. The summed E-state index contributed by atoms with van der Waals surface area (Å²) in [5.41, 5.74) is 2.72. The number of fused-ring (bicyclic) bond motifs is 2. The predicted molar refractivity (Wildman–Crippen MR) is 64.5 cm³/mol. The molecular formula is C13H9N3O2. The molecule has 0 fully saturated rings. The maximum Gasteiger partial charge on any atom is 0.231 e. The van der Waals surface area contributed by atoms with Crippen molar-refractivity contribution >= 4 is 5.65 Å². The minimum atomic E-state index is 0.286. The lowest BCUT2D eigenvalue weighted by Crippen LogP contribution is -1.92. The van der Waals surface area contributed by atoms with E-state index in [-0.39, 0.29) is 6.79 Å². The molecule has 0 saturated carbocycles. The first kappa shape index (κ1) is 9.47. The average molecular weight is 239 g/mol. The topological polar surface area (TPSA) is 48.7 Å². The molecule has 5 nitrogen and oxygen atoms in total. The minimum Gasteiger partial charge on any atom is -0.454 e. The van der Waals surface area contributed by atoms with Crippen LogP contribution in [0.1, 0.15) is 0 Å². The molecule has 4 rings (SSSR count). The summed E-state index contributed by atoms with van der Waals surface area (Å²) in [5.74, 6) is 1.55. The van der Waals surface area contributed by atoms with Gasteiger partial charge in [0.2, 0.25) is 6.79 Å². The smallest absolute Gasteiger partial charge is 0.231 e. The molecule has 0 radical (unpaired) electrons. The molecule has 3 aromatic rings. The van der Waals surface area contributed by atoms with E-state index in [0.717, 1.165) is 28.4 Å². The Kier molecular flexibility index (Phi) is 1.82. The van der Waals surface area contributed by atoms with Crippen molar-refractivity contribution < 1.29 is 9.47 Å². The van der Waals surface area contributed by atoms with Gasteiger partial charge in [-0.25, -0.2) is 4.98 Å². The van der Waals surface area contributed by atoms with Crippen molar-refractivity contribution in [2.24, 2.45) is 0 Å². The van der Waals surface area contributed by atoms with Crippen LogP contribution in [0.15, 0.2) is 43.0 Å². The maximum atomic E-state index is 5.37. The van der Waals surface area contributed by atoms with E-state index in [0.29, 0.717) is 0 Å². The Labute approximate surface area is 103 Å². The number of rotatable bonds is 1. The van der Waals surface area contributed by atoms with Gasteiger partial charge >= 0.3 is 0 Å². The number of hydrogen-bond donors (Lipinski definition) is 0. The van der Waals surface area contributed by atoms with E-state index in [1.54, 1.807) is 12.4 Å². The van der Waals surface area contributed by atoms with Gasteiger partial charge in [-0.1, -0.05) is 0 Å². The molecule has 0 aliphatic carbocycles. The zero-order chi connectivity index (χ0) is 11.9. The van der Waals surface area contributed by atoms with Crippen LogP contribution >= 0.6 is 0 Å². The number of benzene rings is 1. The molecule has 18 heavy (non-hydrogen) atoms. The highest BCUT2D eigenvalue weighted by Crippen LogP contribution is 2.35. The van der Waals surface area contributed by atoms with Gasteiger partial charge in [-0.2, -0.15) is 0 Å². The van der Waals surface area contributed by atoms with Crippen LogP contribution in [0.5, 0.6) is 11.5 Å². The van der Waals surface area contributed by atoms with Gasteiger partial charge in [0.25, 0.3) is 0 Å². The first-order valence-electron chi connectivity index (χ1n) is 5.59. The lowest BCUT2D eigenvalue weighted by Gasteiger charge is -1.98. The summed E-state index contributed by atoms with van der Waals surface area (Å²) in [7, 11) is 0. The molecule has 0 amide bonds. The summed E-state index contributed by atoms with van der Waals surface area (Å²) >= 11 is 0. The number of ether oxygens (including phenoxy) is 2. The van der Waals surface area contributed by atoms with Crippen molar-refractivity contribution in [2.75, 3.05) is 6.79 Å². The maximum absolute atomic E-state index is 5.37. The third-order valence-electron chi connectivity index (χ3n) is 2.93. The summed E-state index contributed by atoms with van der Waals surface area (Å²) in [5, 5.41) is 0. The van der Waals surface area contributed by atoms with Crippen LogP contribution in [0.4, 0.5) is 0 Å². The monoisotopic (exact) mass is 239 g/mol. The van der Waals surface area contributed by atoms with Crippen LogP contribution in [0.25, 0.3) is 16.9 Å². The van der Waals surface area contributed by atoms with Gasteiger partial charge in [0.1, 0.15) is 0 Å². The van der Waals surface area contributed by atoms with Crippen LogP contribution < -0.4 is 9.47 Å². The minimum absolute atomic E-state index is 0.286. The standard InChI is InChI=1S/C13H9N3O2/c1-2-11-12(18-8-17-11)5-9(1)10-7-16-4-3-14-6-13(16)15-10/h1-7H,8H2. The van der Waals surface area contributed by atoms with E-state index in [9.17, 15) is 0 Å². The van der Waals surface area contributed by atoms with Gasteiger partial charge in [-0.15, -0.1) is 0 Å². The second kappa shape index (κ2) is 3.46.